The van der Waals surface area contributed by atoms with Crippen LogP contribution in [0.15, 0.2) is 66.7 Å². The Bertz CT molecular complexity index is 1220. The maximum atomic E-state index is 13.0. The van der Waals surface area contributed by atoms with Gasteiger partial charge < -0.3 is 5.32 Å². The zero-order valence-corrected chi connectivity index (χ0v) is 21.0. The molecule has 2 aromatic carbocycles. The number of benzene rings is 2. The number of carbonyl (C=O) groups is 1. The summed E-state index contributed by atoms with van der Waals surface area (Å²) in [4.78, 5) is 14.9. The van der Waals surface area contributed by atoms with Gasteiger partial charge in [0.25, 0.3) is 10.2 Å². The molecule has 1 saturated heterocycles. The largest absolute Gasteiger partial charge is 0.309 e. The molecule has 0 saturated carbocycles. The number of hydrogen-bond donors (Lipinski definition) is 1. The normalized spacial score (nSPS) is 15.4. The molecule has 0 aliphatic carbocycles. The third-order valence-electron chi connectivity index (χ3n) is 6.10. The molecule has 186 valence electrons. The summed E-state index contributed by atoms with van der Waals surface area (Å²) >= 11 is 0. The van der Waals surface area contributed by atoms with Gasteiger partial charge in [0.2, 0.25) is 5.91 Å². The van der Waals surface area contributed by atoms with Crippen LogP contribution in [0.25, 0.3) is 16.9 Å². The summed E-state index contributed by atoms with van der Waals surface area (Å²) in [6.07, 6.45) is 0. The molecule has 1 aliphatic rings. The summed E-state index contributed by atoms with van der Waals surface area (Å²) in [5.74, 6) is 0.421. The number of anilines is 1. The molecule has 1 amide bonds. The molecule has 0 bridgehead atoms. The van der Waals surface area contributed by atoms with Crippen LogP contribution in [0.5, 0.6) is 0 Å². The molecular formula is C25H32N6O3S. The van der Waals surface area contributed by atoms with Gasteiger partial charge in [-0.2, -0.15) is 22.1 Å². The average molecular weight is 497 g/mol. The van der Waals surface area contributed by atoms with Crippen molar-refractivity contribution >= 4 is 21.9 Å². The Morgan fingerprint density at radius 1 is 0.943 bits per heavy atom. The van der Waals surface area contributed by atoms with E-state index in [9.17, 15) is 13.2 Å². The predicted octanol–water partition coefficient (Wildman–Crippen LogP) is 2.68. The van der Waals surface area contributed by atoms with Crippen LogP contribution in [-0.2, 0) is 15.0 Å². The lowest BCUT2D eigenvalue weighted by Crippen LogP contribution is -2.54. The Labute approximate surface area is 207 Å². The molecular weight excluding hydrogens is 464 g/mol. The van der Waals surface area contributed by atoms with Crippen molar-refractivity contribution in [3.8, 4) is 16.9 Å². The Morgan fingerprint density at radius 2 is 1.54 bits per heavy atom. The Kier molecular flexibility index (Phi) is 7.97. The van der Waals surface area contributed by atoms with Crippen molar-refractivity contribution in [2.45, 2.75) is 13.8 Å². The van der Waals surface area contributed by atoms with Crippen LogP contribution in [0.1, 0.15) is 13.8 Å². The Balaban J connectivity index is 1.44. The number of para-hydroxylation sites is 1. The third kappa shape index (κ3) is 5.79. The third-order valence-corrected chi connectivity index (χ3v) is 8.29. The monoisotopic (exact) mass is 496 g/mol. The van der Waals surface area contributed by atoms with Gasteiger partial charge in [-0.25, -0.2) is 4.68 Å². The molecule has 0 unspecified atom stereocenters. The summed E-state index contributed by atoms with van der Waals surface area (Å²) in [6.45, 7) is 6.49. The summed E-state index contributed by atoms with van der Waals surface area (Å²) in [5, 5.41) is 7.73. The van der Waals surface area contributed by atoms with Gasteiger partial charge >= 0.3 is 0 Å². The molecule has 1 N–H and O–H groups in total. The van der Waals surface area contributed by atoms with Crippen molar-refractivity contribution in [3.63, 3.8) is 0 Å². The van der Waals surface area contributed by atoms with E-state index in [1.807, 2.05) is 85.5 Å². The van der Waals surface area contributed by atoms with E-state index in [1.165, 1.54) is 8.61 Å². The number of hydrogen-bond acceptors (Lipinski definition) is 5. The van der Waals surface area contributed by atoms with Crippen molar-refractivity contribution < 1.29 is 13.2 Å². The van der Waals surface area contributed by atoms with Crippen LogP contribution in [-0.4, -0.2) is 83.4 Å². The molecule has 0 radical (unpaired) electrons. The Morgan fingerprint density at radius 3 is 2.14 bits per heavy atom. The predicted molar refractivity (Wildman–Crippen MR) is 137 cm³/mol. The second-order valence-electron chi connectivity index (χ2n) is 8.34. The SMILES string of the molecule is CCN(CC)S(=O)(=O)N1CCN(CC(=O)Nc2cc(-c3ccccc3)nn2-c2ccccc2)CC1. The first-order valence-electron chi connectivity index (χ1n) is 11.9. The van der Waals surface area contributed by atoms with Gasteiger partial charge in [0.15, 0.2) is 0 Å². The van der Waals surface area contributed by atoms with Gasteiger partial charge in [0.05, 0.1) is 17.9 Å². The van der Waals surface area contributed by atoms with E-state index < -0.39 is 10.2 Å². The minimum Gasteiger partial charge on any atom is -0.309 e. The highest BCUT2D eigenvalue weighted by Crippen LogP contribution is 2.24. The highest BCUT2D eigenvalue weighted by atomic mass is 32.2. The molecule has 1 aliphatic heterocycles. The maximum absolute atomic E-state index is 13.0. The highest BCUT2D eigenvalue weighted by molar-refractivity contribution is 7.86. The van der Waals surface area contributed by atoms with E-state index in [1.54, 1.807) is 4.68 Å². The summed E-state index contributed by atoms with van der Waals surface area (Å²) < 4.78 is 30.2. The van der Waals surface area contributed by atoms with Crippen LogP contribution < -0.4 is 5.32 Å². The molecule has 2 heterocycles. The molecule has 35 heavy (non-hydrogen) atoms. The smallest absolute Gasteiger partial charge is 0.282 e. The average Bonchev–Trinajstić information content (AvgIpc) is 3.29. The summed E-state index contributed by atoms with van der Waals surface area (Å²) in [5.41, 5.74) is 2.57. The topological polar surface area (TPSA) is 90.8 Å². The van der Waals surface area contributed by atoms with Crippen molar-refractivity contribution in [1.29, 1.82) is 0 Å². The van der Waals surface area contributed by atoms with Crippen LogP contribution in [0.2, 0.25) is 0 Å². The fourth-order valence-electron chi connectivity index (χ4n) is 4.20. The molecule has 4 rings (SSSR count). The number of nitrogens with zero attached hydrogens (tertiary/aromatic N) is 5. The van der Waals surface area contributed by atoms with E-state index >= 15 is 0 Å². The molecule has 1 aromatic heterocycles. The van der Waals surface area contributed by atoms with Crippen LogP contribution >= 0.6 is 0 Å². The molecule has 3 aromatic rings. The van der Waals surface area contributed by atoms with Crippen molar-refractivity contribution in [2.24, 2.45) is 0 Å². The van der Waals surface area contributed by atoms with Crippen LogP contribution in [0.4, 0.5) is 5.82 Å². The lowest BCUT2D eigenvalue weighted by Gasteiger charge is -2.35. The van der Waals surface area contributed by atoms with E-state index in [2.05, 4.69) is 5.32 Å². The second-order valence-corrected chi connectivity index (χ2v) is 10.3. The first kappa shape index (κ1) is 25.1. The number of nitrogens with one attached hydrogen (secondary N) is 1. The van der Waals surface area contributed by atoms with Gasteiger partial charge in [0, 0.05) is 50.9 Å². The number of aromatic nitrogens is 2. The van der Waals surface area contributed by atoms with Crippen molar-refractivity contribution in [3.05, 3.63) is 66.7 Å². The number of carbonyl (C=O) groups excluding carboxylic acids is 1. The summed E-state index contributed by atoms with van der Waals surface area (Å²) in [6, 6.07) is 21.4. The fraction of sp³-hybridized carbons (Fsp3) is 0.360. The van der Waals surface area contributed by atoms with E-state index in [4.69, 9.17) is 5.10 Å². The molecule has 9 nitrogen and oxygen atoms in total. The van der Waals surface area contributed by atoms with Gasteiger partial charge in [0.1, 0.15) is 5.82 Å². The van der Waals surface area contributed by atoms with Gasteiger partial charge in [-0.1, -0.05) is 62.4 Å². The number of piperazine rings is 1. The lowest BCUT2D eigenvalue weighted by molar-refractivity contribution is -0.117. The van der Waals surface area contributed by atoms with Gasteiger partial charge in [-0.15, -0.1) is 0 Å². The quantitative estimate of drug-likeness (QED) is 0.492. The summed E-state index contributed by atoms with van der Waals surface area (Å²) in [7, 11) is -3.46. The maximum Gasteiger partial charge on any atom is 0.282 e. The van der Waals surface area contributed by atoms with E-state index in [-0.39, 0.29) is 12.5 Å². The highest BCUT2D eigenvalue weighted by Gasteiger charge is 2.31. The molecule has 0 atom stereocenters. The van der Waals surface area contributed by atoms with Gasteiger partial charge in [-0.3, -0.25) is 9.69 Å². The van der Waals surface area contributed by atoms with Crippen molar-refractivity contribution in [1.82, 2.24) is 23.3 Å². The first-order chi connectivity index (χ1) is 16.9. The Hall–Kier alpha value is -3.05. The zero-order valence-electron chi connectivity index (χ0n) is 20.2. The molecule has 0 spiro atoms. The first-order valence-corrected chi connectivity index (χ1v) is 13.3. The fourth-order valence-corrected chi connectivity index (χ4v) is 5.81. The minimum absolute atomic E-state index is 0.165. The van der Waals surface area contributed by atoms with Crippen LogP contribution in [0, 0.1) is 0 Å². The van der Waals surface area contributed by atoms with Crippen LogP contribution in [0.3, 0.4) is 0 Å². The standard InChI is InChI=1S/C25H32N6O3S/c1-3-29(4-2)35(33,34)30-17-15-28(16-18-30)20-25(32)26-24-19-23(21-11-7-5-8-12-21)27-31(24)22-13-9-6-10-14-22/h5-14,19H,3-4,15-18,20H2,1-2H3,(H,26,32). The zero-order chi connectivity index (χ0) is 24.8. The minimum atomic E-state index is -3.46. The molecule has 1 fully saturated rings. The number of amides is 1. The number of rotatable bonds is 9. The second kappa shape index (κ2) is 11.1. The lowest BCUT2D eigenvalue weighted by atomic mass is 10.1. The van der Waals surface area contributed by atoms with Gasteiger partial charge in [-0.05, 0) is 12.1 Å². The molecule has 10 heteroatoms. The van der Waals surface area contributed by atoms with E-state index in [0.29, 0.717) is 45.1 Å². The van der Waals surface area contributed by atoms with Crippen molar-refractivity contribution in [2.75, 3.05) is 51.1 Å². The van der Waals surface area contributed by atoms with E-state index in [0.717, 1.165) is 16.9 Å².